The minimum Gasteiger partial charge on any atom is -0.381 e. The third-order valence-corrected chi connectivity index (χ3v) is 3.07. The molecule has 2 aromatic rings. The second kappa shape index (κ2) is 6.69. The van der Waals surface area contributed by atoms with Crippen LogP contribution in [0.1, 0.15) is 12.5 Å². The van der Waals surface area contributed by atoms with Gasteiger partial charge in [-0.15, -0.1) is 0 Å². The summed E-state index contributed by atoms with van der Waals surface area (Å²) in [4.78, 5) is 14.7. The first kappa shape index (κ1) is 14.8. The maximum absolute atomic E-state index is 11.1. The number of aryl methyl sites for hydroxylation is 1. The molecule has 0 radical (unpaired) electrons. The van der Waals surface area contributed by atoms with E-state index in [1.807, 2.05) is 37.3 Å². The minimum absolute atomic E-state index is 0.0319. The lowest BCUT2D eigenvalue weighted by molar-refractivity contribution is -0.384. The Morgan fingerprint density at radius 3 is 2.67 bits per heavy atom. The molecule has 2 rings (SSSR count). The van der Waals surface area contributed by atoms with Gasteiger partial charge in [-0.3, -0.25) is 10.1 Å². The summed E-state index contributed by atoms with van der Waals surface area (Å²) in [5.74, 6) is 0.307. The molecule has 6 nitrogen and oxygen atoms in total. The van der Waals surface area contributed by atoms with Crippen molar-refractivity contribution in [2.75, 3.05) is 17.2 Å². The zero-order valence-corrected chi connectivity index (χ0v) is 12.0. The molecule has 0 amide bonds. The van der Waals surface area contributed by atoms with Crippen LogP contribution >= 0.6 is 0 Å². The van der Waals surface area contributed by atoms with E-state index in [-0.39, 0.29) is 11.7 Å². The van der Waals surface area contributed by atoms with Crippen molar-refractivity contribution in [3.63, 3.8) is 0 Å². The molecular weight excluding hydrogens is 268 g/mol. The molecule has 0 bridgehead atoms. The van der Waals surface area contributed by atoms with Gasteiger partial charge in [0.25, 0.3) is 0 Å². The molecule has 0 aliphatic rings. The molecule has 1 aromatic heterocycles. The van der Waals surface area contributed by atoms with E-state index >= 15 is 0 Å². The molecule has 0 aliphatic carbocycles. The van der Waals surface area contributed by atoms with E-state index in [0.29, 0.717) is 17.9 Å². The zero-order chi connectivity index (χ0) is 15.2. The Morgan fingerprint density at radius 2 is 2.00 bits per heavy atom. The number of hydrogen-bond acceptors (Lipinski definition) is 5. The van der Waals surface area contributed by atoms with Crippen LogP contribution in [0.3, 0.4) is 0 Å². The highest BCUT2D eigenvalue weighted by atomic mass is 16.6. The first-order valence-electron chi connectivity index (χ1n) is 6.73. The van der Waals surface area contributed by atoms with Gasteiger partial charge in [0.05, 0.1) is 4.92 Å². The highest BCUT2D eigenvalue weighted by Gasteiger charge is 2.18. The van der Waals surface area contributed by atoms with E-state index < -0.39 is 4.92 Å². The van der Waals surface area contributed by atoms with Gasteiger partial charge in [-0.25, -0.2) is 4.98 Å². The molecule has 0 saturated heterocycles. The SMILES string of the molecule is Cc1ccnc(NCC(C)Nc2ccccc2)c1[N+](=O)[O-]. The van der Waals surface area contributed by atoms with Crippen LogP contribution in [0, 0.1) is 17.0 Å². The molecule has 1 atom stereocenters. The van der Waals surface area contributed by atoms with Gasteiger partial charge in [0.2, 0.25) is 5.82 Å². The lowest BCUT2D eigenvalue weighted by atomic mass is 10.2. The van der Waals surface area contributed by atoms with Gasteiger partial charge in [-0.05, 0) is 32.0 Å². The van der Waals surface area contributed by atoms with Crippen LogP contribution in [-0.4, -0.2) is 22.5 Å². The maximum Gasteiger partial charge on any atom is 0.314 e. The van der Waals surface area contributed by atoms with Gasteiger partial charge >= 0.3 is 5.69 Å². The van der Waals surface area contributed by atoms with Crippen molar-refractivity contribution in [3.8, 4) is 0 Å². The fourth-order valence-electron chi connectivity index (χ4n) is 2.03. The summed E-state index contributed by atoms with van der Waals surface area (Å²) in [6.45, 7) is 4.24. The molecule has 0 aliphatic heterocycles. The van der Waals surface area contributed by atoms with Crippen molar-refractivity contribution in [1.29, 1.82) is 0 Å². The van der Waals surface area contributed by atoms with E-state index in [1.54, 1.807) is 19.2 Å². The highest BCUT2D eigenvalue weighted by Crippen LogP contribution is 2.25. The number of aromatic nitrogens is 1. The summed E-state index contributed by atoms with van der Waals surface area (Å²) in [6.07, 6.45) is 1.57. The number of hydrogen-bond donors (Lipinski definition) is 2. The molecule has 0 spiro atoms. The Hall–Kier alpha value is -2.63. The molecule has 21 heavy (non-hydrogen) atoms. The fraction of sp³-hybridized carbons (Fsp3) is 0.267. The predicted molar refractivity (Wildman–Crippen MR) is 83.6 cm³/mol. The topological polar surface area (TPSA) is 80.1 Å². The van der Waals surface area contributed by atoms with Gasteiger partial charge in [-0.1, -0.05) is 18.2 Å². The number of rotatable bonds is 6. The summed E-state index contributed by atoms with van der Waals surface area (Å²) in [5.41, 5.74) is 1.64. The van der Waals surface area contributed by atoms with Gasteiger partial charge in [0, 0.05) is 30.0 Å². The van der Waals surface area contributed by atoms with E-state index in [1.165, 1.54) is 0 Å². The number of nitrogens with one attached hydrogen (secondary N) is 2. The summed E-state index contributed by atoms with van der Waals surface area (Å²) >= 11 is 0. The average molecular weight is 286 g/mol. The van der Waals surface area contributed by atoms with Crippen molar-refractivity contribution in [1.82, 2.24) is 4.98 Å². The Bertz CT molecular complexity index is 616. The lowest BCUT2D eigenvalue weighted by Gasteiger charge is -2.16. The van der Waals surface area contributed by atoms with Crippen LogP contribution < -0.4 is 10.6 Å². The number of pyridine rings is 1. The monoisotopic (exact) mass is 286 g/mol. The summed E-state index contributed by atoms with van der Waals surface area (Å²) in [7, 11) is 0. The second-order valence-electron chi connectivity index (χ2n) is 4.87. The smallest absolute Gasteiger partial charge is 0.314 e. The summed E-state index contributed by atoms with van der Waals surface area (Å²) in [5, 5.41) is 17.4. The predicted octanol–water partition coefficient (Wildman–Crippen LogP) is 3.21. The van der Waals surface area contributed by atoms with Crippen molar-refractivity contribution >= 4 is 17.2 Å². The van der Waals surface area contributed by atoms with Gasteiger partial charge in [0.15, 0.2) is 0 Å². The number of para-hydroxylation sites is 1. The molecule has 1 aromatic carbocycles. The van der Waals surface area contributed by atoms with E-state index in [9.17, 15) is 10.1 Å². The van der Waals surface area contributed by atoms with Crippen LogP contribution in [0.15, 0.2) is 42.6 Å². The maximum atomic E-state index is 11.1. The van der Waals surface area contributed by atoms with Crippen molar-refractivity contribution in [2.24, 2.45) is 0 Å². The van der Waals surface area contributed by atoms with Crippen LogP contribution in [0.2, 0.25) is 0 Å². The van der Waals surface area contributed by atoms with Crippen LogP contribution in [0.4, 0.5) is 17.2 Å². The molecule has 110 valence electrons. The zero-order valence-electron chi connectivity index (χ0n) is 12.0. The lowest BCUT2D eigenvalue weighted by Crippen LogP contribution is -2.25. The largest absolute Gasteiger partial charge is 0.381 e. The quantitative estimate of drug-likeness (QED) is 0.629. The van der Waals surface area contributed by atoms with E-state index in [0.717, 1.165) is 5.69 Å². The Kier molecular flexibility index (Phi) is 4.71. The van der Waals surface area contributed by atoms with Crippen molar-refractivity contribution in [2.45, 2.75) is 19.9 Å². The molecule has 1 heterocycles. The molecular formula is C15H18N4O2. The number of benzene rings is 1. The van der Waals surface area contributed by atoms with Gasteiger partial charge < -0.3 is 10.6 Å². The highest BCUT2D eigenvalue weighted by molar-refractivity contribution is 5.60. The number of anilines is 2. The average Bonchev–Trinajstić information content (AvgIpc) is 2.45. The van der Waals surface area contributed by atoms with Crippen LogP contribution in [0.25, 0.3) is 0 Å². The summed E-state index contributed by atoms with van der Waals surface area (Å²) in [6, 6.07) is 11.6. The third kappa shape index (κ3) is 3.92. The Labute approximate surface area is 123 Å². The van der Waals surface area contributed by atoms with Crippen molar-refractivity contribution < 1.29 is 4.92 Å². The van der Waals surface area contributed by atoms with Crippen molar-refractivity contribution in [3.05, 3.63) is 58.3 Å². The number of nitrogens with zero attached hydrogens (tertiary/aromatic N) is 2. The Morgan fingerprint density at radius 1 is 1.29 bits per heavy atom. The van der Waals surface area contributed by atoms with Gasteiger partial charge in [-0.2, -0.15) is 0 Å². The summed E-state index contributed by atoms with van der Waals surface area (Å²) < 4.78 is 0. The molecule has 2 N–H and O–H groups in total. The third-order valence-electron chi connectivity index (χ3n) is 3.07. The molecule has 0 saturated carbocycles. The second-order valence-corrected chi connectivity index (χ2v) is 4.87. The standard InChI is InChI=1S/C15H18N4O2/c1-11-8-9-16-15(14(11)19(20)21)17-10-12(2)18-13-6-4-3-5-7-13/h3-9,12,18H,10H2,1-2H3,(H,16,17). The molecule has 6 heteroatoms. The normalized spacial score (nSPS) is 11.7. The first-order chi connectivity index (χ1) is 10.1. The van der Waals surface area contributed by atoms with Gasteiger partial charge in [0.1, 0.15) is 0 Å². The molecule has 0 fully saturated rings. The number of nitro groups is 1. The van der Waals surface area contributed by atoms with Crippen LogP contribution in [0.5, 0.6) is 0 Å². The van der Waals surface area contributed by atoms with E-state index in [2.05, 4.69) is 15.6 Å². The van der Waals surface area contributed by atoms with E-state index in [4.69, 9.17) is 0 Å². The van der Waals surface area contributed by atoms with Crippen LogP contribution in [-0.2, 0) is 0 Å². The Balaban J connectivity index is 2.00. The first-order valence-corrected chi connectivity index (χ1v) is 6.73. The molecule has 1 unspecified atom stereocenters. The minimum atomic E-state index is -0.403. The fourth-order valence-corrected chi connectivity index (χ4v) is 2.03.